The Hall–Kier alpha value is -2.36. The summed E-state index contributed by atoms with van der Waals surface area (Å²) in [5, 5.41) is 0. The SMILES string of the molecule is C=C/C=C/C(/C=C/C=C)CC/C=C/C(=O)N1CCOC1=O. The molecule has 0 aromatic rings. The maximum Gasteiger partial charge on any atom is 0.416 e. The predicted octanol–water partition coefficient (Wildman–Crippen LogP) is 3.40. The molecule has 1 saturated heterocycles. The summed E-state index contributed by atoms with van der Waals surface area (Å²) >= 11 is 0. The molecule has 1 aliphatic heterocycles. The number of amides is 2. The molecule has 0 bridgehead atoms. The van der Waals surface area contributed by atoms with Crippen molar-refractivity contribution in [1.82, 2.24) is 4.90 Å². The molecule has 0 radical (unpaired) electrons. The van der Waals surface area contributed by atoms with Gasteiger partial charge in [-0.25, -0.2) is 9.69 Å². The topological polar surface area (TPSA) is 46.6 Å². The maximum atomic E-state index is 11.7. The average molecular weight is 287 g/mol. The number of nitrogens with zero attached hydrogens (tertiary/aromatic N) is 1. The van der Waals surface area contributed by atoms with Crippen LogP contribution in [0.4, 0.5) is 4.79 Å². The lowest BCUT2D eigenvalue weighted by Gasteiger charge is -2.07. The molecule has 0 atom stereocenters. The molecular formula is C17H21NO3. The Morgan fingerprint density at radius 3 is 2.48 bits per heavy atom. The van der Waals surface area contributed by atoms with Crippen LogP contribution in [0.2, 0.25) is 0 Å². The molecule has 0 spiro atoms. The van der Waals surface area contributed by atoms with E-state index >= 15 is 0 Å². The molecule has 0 aliphatic carbocycles. The number of imide groups is 1. The van der Waals surface area contributed by atoms with Gasteiger partial charge in [0.15, 0.2) is 0 Å². The maximum absolute atomic E-state index is 11.7. The molecule has 112 valence electrons. The molecule has 21 heavy (non-hydrogen) atoms. The minimum Gasteiger partial charge on any atom is -0.447 e. The Labute approximate surface area is 125 Å². The Bertz CT molecular complexity index is 456. The van der Waals surface area contributed by atoms with Crippen molar-refractivity contribution >= 4 is 12.0 Å². The van der Waals surface area contributed by atoms with Crippen LogP contribution >= 0.6 is 0 Å². The van der Waals surface area contributed by atoms with Crippen LogP contribution in [-0.2, 0) is 9.53 Å². The van der Waals surface area contributed by atoms with Crippen LogP contribution in [0.25, 0.3) is 0 Å². The van der Waals surface area contributed by atoms with Crippen molar-refractivity contribution in [2.45, 2.75) is 12.8 Å². The molecule has 2 amide bonds. The molecule has 0 saturated carbocycles. The second kappa shape index (κ2) is 9.53. The quantitative estimate of drug-likeness (QED) is 0.508. The van der Waals surface area contributed by atoms with Crippen molar-refractivity contribution in [3.63, 3.8) is 0 Å². The van der Waals surface area contributed by atoms with E-state index in [1.165, 1.54) is 6.08 Å². The summed E-state index contributed by atoms with van der Waals surface area (Å²) in [5.41, 5.74) is 0. The first-order valence-electron chi connectivity index (χ1n) is 6.92. The Kier molecular flexibility index (Phi) is 7.58. The summed E-state index contributed by atoms with van der Waals surface area (Å²) in [5.74, 6) is -0.0604. The van der Waals surface area contributed by atoms with Gasteiger partial charge in [-0.1, -0.05) is 55.7 Å². The fourth-order valence-electron chi connectivity index (χ4n) is 1.86. The summed E-state index contributed by atoms with van der Waals surface area (Å²) in [4.78, 5) is 24.0. The van der Waals surface area contributed by atoms with Gasteiger partial charge < -0.3 is 4.74 Å². The summed E-state index contributed by atoms with van der Waals surface area (Å²) in [6.07, 6.45) is 15.6. The molecular weight excluding hydrogens is 266 g/mol. The third-order valence-electron chi connectivity index (χ3n) is 2.94. The molecule has 4 heteroatoms. The van der Waals surface area contributed by atoms with E-state index in [0.717, 1.165) is 17.7 Å². The normalized spacial score (nSPS) is 15.5. The predicted molar refractivity (Wildman–Crippen MR) is 83.6 cm³/mol. The van der Waals surface area contributed by atoms with E-state index in [0.29, 0.717) is 6.54 Å². The van der Waals surface area contributed by atoms with Crippen molar-refractivity contribution in [3.8, 4) is 0 Å². The van der Waals surface area contributed by atoms with Crippen molar-refractivity contribution < 1.29 is 14.3 Å². The van der Waals surface area contributed by atoms with Crippen LogP contribution in [-0.4, -0.2) is 30.1 Å². The molecule has 4 nitrogen and oxygen atoms in total. The molecule has 1 rings (SSSR count). The van der Waals surface area contributed by atoms with Gasteiger partial charge in [-0.15, -0.1) is 0 Å². The number of hydrogen-bond acceptors (Lipinski definition) is 3. The van der Waals surface area contributed by atoms with E-state index in [1.54, 1.807) is 18.2 Å². The zero-order valence-corrected chi connectivity index (χ0v) is 12.1. The number of hydrogen-bond donors (Lipinski definition) is 0. The van der Waals surface area contributed by atoms with E-state index < -0.39 is 6.09 Å². The molecule has 0 aromatic carbocycles. The molecule has 1 aliphatic rings. The van der Waals surface area contributed by atoms with E-state index in [2.05, 4.69) is 13.2 Å². The summed E-state index contributed by atoms with van der Waals surface area (Å²) in [7, 11) is 0. The van der Waals surface area contributed by atoms with E-state index in [-0.39, 0.29) is 18.4 Å². The second-order valence-corrected chi connectivity index (χ2v) is 4.49. The first-order chi connectivity index (χ1) is 10.2. The molecule has 1 fully saturated rings. The third-order valence-corrected chi connectivity index (χ3v) is 2.94. The Morgan fingerprint density at radius 1 is 1.29 bits per heavy atom. The van der Waals surface area contributed by atoms with Crippen LogP contribution in [0.15, 0.2) is 61.8 Å². The number of allylic oxidation sites excluding steroid dienone is 7. The van der Waals surface area contributed by atoms with Crippen LogP contribution < -0.4 is 0 Å². The lowest BCUT2D eigenvalue weighted by atomic mass is 10.0. The van der Waals surface area contributed by atoms with Gasteiger partial charge in [0.05, 0.1) is 6.54 Å². The van der Waals surface area contributed by atoms with E-state index in [9.17, 15) is 9.59 Å². The highest BCUT2D eigenvalue weighted by atomic mass is 16.6. The fraction of sp³-hybridized carbons (Fsp3) is 0.294. The number of carbonyl (C=O) groups is 2. The number of rotatable bonds is 8. The number of carbonyl (C=O) groups excluding carboxylic acids is 2. The van der Waals surface area contributed by atoms with Crippen molar-refractivity contribution in [1.29, 1.82) is 0 Å². The van der Waals surface area contributed by atoms with Gasteiger partial charge in [0, 0.05) is 0 Å². The van der Waals surface area contributed by atoms with Gasteiger partial charge in [0.25, 0.3) is 5.91 Å². The summed E-state index contributed by atoms with van der Waals surface area (Å²) in [6, 6.07) is 0. The highest BCUT2D eigenvalue weighted by Crippen LogP contribution is 2.12. The van der Waals surface area contributed by atoms with E-state index in [4.69, 9.17) is 4.74 Å². The van der Waals surface area contributed by atoms with E-state index in [1.807, 2.05) is 24.3 Å². The van der Waals surface area contributed by atoms with Crippen LogP contribution in [0.1, 0.15) is 12.8 Å². The van der Waals surface area contributed by atoms with Gasteiger partial charge in [-0.2, -0.15) is 0 Å². The number of cyclic esters (lactones) is 1. The monoisotopic (exact) mass is 287 g/mol. The highest BCUT2D eigenvalue weighted by Gasteiger charge is 2.26. The van der Waals surface area contributed by atoms with Crippen LogP contribution in [0, 0.1) is 5.92 Å². The largest absolute Gasteiger partial charge is 0.447 e. The highest BCUT2D eigenvalue weighted by molar-refractivity contribution is 5.99. The standard InChI is InChI=1S/C17H21NO3/c1-3-5-9-15(10-6-4-2)11-7-8-12-16(19)18-13-14-21-17(18)20/h3-6,8-10,12,15H,1-2,7,11,13-14H2/b9-5+,10-6+,12-8+. The molecule has 0 N–H and O–H groups in total. The summed E-state index contributed by atoms with van der Waals surface area (Å²) in [6.45, 7) is 7.89. The van der Waals surface area contributed by atoms with Crippen LogP contribution in [0.3, 0.4) is 0 Å². The molecule has 0 unspecified atom stereocenters. The Morgan fingerprint density at radius 2 is 1.95 bits per heavy atom. The zero-order valence-electron chi connectivity index (χ0n) is 12.1. The fourth-order valence-corrected chi connectivity index (χ4v) is 1.86. The minimum atomic E-state index is -0.564. The second-order valence-electron chi connectivity index (χ2n) is 4.49. The smallest absolute Gasteiger partial charge is 0.416 e. The lowest BCUT2D eigenvalue weighted by Crippen LogP contribution is -2.29. The minimum absolute atomic E-state index is 0.262. The average Bonchev–Trinajstić information content (AvgIpc) is 2.91. The van der Waals surface area contributed by atoms with Crippen LogP contribution in [0.5, 0.6) is 0 Å². The van der Waals surface area contributed by atoms with Gasteiger partial charge in [0.1, 0.15) is 6.61 Å². The Balaban J connectivity index is 2.43. The number of ether oxygens (including phenoxy) is 1. The van der Waals surface area contributed by atoms with Crippen molar-refractivity contribution in [2.75, 3.05) is 13.2 Å². The lowest BCUT2D eigenvalue weighted by molar-refractivity contribution is -0.122. The zero-order chi connectivity index (χ0) is 15.5. The van der Waals surface area contributed by atoms with Gasteiger partial charge in [0.2, 0.25) is 0 Å². The summed E-state index contributed by atoms with van der Waals surface area (Å²) < 4.78 is 4.71. The first-order valence-corrected chi connectivity index (χ1v) is 6.92. The van der Waals surface area contributed by atoms with Crippen molar-refractivity contribution in [2.24, 2.45) is 5.92 Å². The van der Waals surface area contributed by atoms with Crippen molar-refractivity contribution in [3.05, 3.63) is 61.8 Å². The van der Waals surface area contributed by atoms with Gasteiger partial charge in [-0.05, 0) is 24.8 Å². The van der Waals surface area contributed by atoms with Gasteiger partial charge >= 0.3 is 6.09 Å². The third kappa shape index (κ3) is 6.08. The molecule has 1 heterocycles. The van der Waals surface area contributed by atoms with Gasteiger partial charge in [-0.3, -0.25) is 4.79 Å². The first kappa shape index (κ1) is 16.7. The molecule has 0 aromatic heterocycles.